The first-order chi connectivity index (χ1) is 17.7. The van der Waals surface area contributed by atoms with Crippen molar-refractivity contribution in [3.8, 4) is 16.9 Å². The van der Waals surface area contributed by atoms with Gasteiger partial charge < -0.3 is 9.32 Å². The zero-order valence-corrected chi connectivity index (χ0v) is 22.0. The van der Waals surface area contributed by atoms with Crippen LogP contribution in [0.5, 0.6) is 0 Å². The summed E-state index contributed by atoms with van der Waals surface area (Å²) in [4.78, 5) is 9.12. The number of pyridine rings is 1. The zero-order chi connectivity index (χ0) is 26.2. The van der Waals surface area contributed by atoms with Gasteiger partial charge in [0.25, 0.3) is 0 Å². The van der Waals surface area contributed by atoms with Crippen LogP contribution in [0.25, 0.3) is 16.9 Å². The second kappa shape index (κ2) is 10.2. The molecule has 0 N–H and O–H groups in total. The maximum atomic E-state index is 14.9. The molecule has 5 rings (SSSR count). The van der Waals surface area contributed by atoms with Crippen molar-refractivity contribution in [3.05, 3.63) is 71.8 Å². The molecule has 0 atom stereocenters. The number of anilines is 1. The van der Waals surface area contributed by atoms with Gasteiger partial charge in [-0.05, 0) is 37.6 Å². The van der Waals surface area contributed by atoms with Crippen molar-refractivity contribution < 1.29 is 17.2 Å². The highest BCUT2D eigenvalue weighted by Gasteiger charge is 2.23. The highest BCUT2D eigenvalue weighted by atomic mass is 35.5. The summed E-state index contributed by atoms with van der Waals surface area (Å²) in [5.41, 5.74) is 2.35. The van der Waals surface area contributed by atoms with Gasteiger partial charge in [-0.3, -0.25) is 9.88 Å². The van der Waals surface area contributed by atoms with E-state index in [-0.39, 0.29) is 21.2 Å². The number of hydrogen-bond acceptors (Lipinski definition) is 8. The minimum atomic E-state index is -3.73. The standard InChI is InChI=1S/C25H26ClFN6O3S/c1-17(2)31-6-8-32(9-7-31)20-11-19(12-28-13-20)23-14-33(30-29-23)25-22(27)4-3-18(24(25)26)16-37(34,35)21-5-10-36-15-21/h3-5,10-15,17H,6-9,16H2,1-2H3. The number of rotatable bonds is 7. The second-order valence-corrected chi connectivity index (χ2v) is 11.6. The van der Waals surface area contributed by atoms with E-state index in [0.29, 0.717) is 11.7 Å². The van der Waals surface area contributed by atoms with E-state index in [1.165, 1.54) is 29.1 Å². The van der Waals surface area contributed by atoms with E-state index in [1.54, 1.807) is 12.4 Å². The lowest BCUT2D eigenvalue weighted by atomic mass is 10.2. The molecule has 0 amide bonds. The topological polar surface area (TPSA) is 97.4 Å². The van der Waals surface area contributed by atoms with Crippen LogP contribution in [0.1, 0.15) is 19.4 Å². The van der Waals surface area contributed by atoms with Crippen LogP contribution in [-0.4, -0.2) is 65.5 Å². The first kappa shape index (κ1) is 25.4. The Morgan fingerprint density at radius 1 is 1.14 bits per heavy atom. The number of furan rings is 1. The Labute approximate surface area is 219 Å². The van der Waals surface area contributed by atoms with Crippen molar-refractivity contribution in [2.75, 3.05) is 31.1 Å². The Kier molecular flexibility index (Phi) is 7.02. The van der Waals surface area contributed by atoms with Crippen LogP contribution < -0.4 is 4.90 Å². The van der Waals surface area contributed by atoms with Gasteiger partial charge in [-0.2, -0.15) is 0 Å². The molecule has 194 valence electrons. The molecule has 0 aliphatic carbocycles. The summed E-state index contributed by atoms with van der Waals surface area (Å²) < 4.78 is 46.3. The van der Waals surface area contributed by atoms with Crippen molar-refractivity contribution in [3.63, 3.8) is 0 Å². The van der Waals surface area contributed by atoms with E-state index in [9.17, 15) is 12.8 Å². The van der Waals surface area contributed by atoms with Gasteiger partial charge in [0, 0.05) is 44.0 Å². The first-order valence-corrected chi connectivity index (χ1v) is 13.8. The Morgan fingerprint density at radius 2 is 1.92 bits per heavy atom. The molecule has 1 saturated heterocycles. The van der Waals surface area contributed by atoms with Gasteiger partial charge in [-0.25, -0.2) is 17.5 Å². The predicted molar refractivity (Wildman–Crippen MR) is 138 cm³/mol. The van der Waals surface area contributed by atoms with Crippen LogP contribution in [0.2, 0.25) is 5.02 Å². The fourth-order valence-electron chi connectivity index (χ4n) is 4.36. The largest absolute Gasteiger partial charge is 0.471 e. The average Bonchev–Trinajstić information content (AvgIpc) is 3.60. The Hall–Kier alpha value is -3.28. The van der Waals surface area contributed by atoms with Crippen molar-refractivity contribution >= 4 is 27.1 Å². The van der Waals surface area contributed by atoms with Crippen LogP contribution in [0.4, 0.5) is 10.1 Å². The lowest BCUT2D eigenvalue weighted by Gasteiger charge is -2.38. The number of benzene rings is 1. The molecule has 3 aromatic heterocycles. The van der Waals surface area contributed by atoms with Crippen LogP contribution >= 0.6 is 11.6 Å². The third-order valence-electron chi connectivity index (χ3n) is 6.50. The minimum absolute atomic E-state index is 0.0236. The van der Waals surface area contributed by atoms with Crippen molar-refractivity contribution in [1.82, 2.24) is 24.9 Å². The molecular weight excluding hydrogens is 519 g/mol. The van der Waals surface area contributed by atoms with Gasteiger partial charge in [-0.1, -0.05) is 22.9 Å². The highest BCUT2D eigenvalue weighted by molar-refractivity contribution is 7.90. The van der Waals surface area contributed by atoms with Crippen LogP contribution in [0.15, 0.2) is 64.7 Å². The predicted octanol–water partition coefficient (Wildman–Crippen LogP) is 4.22. The summed E-state index contributed by atoms with van der Waals surface area (Å²) in [5, 5.41) is 8.22. The van der Waals surface area contributed by atoms with Gasteiger partial charge in [0.05, 0.1) is 35.1 Å². The Bertz CT molecular complexity index is 1500. The third-order valence-corrected chi connectivity index (χ3v) is 8.56. The van der Waals surface area contributed by atoms with Gasteiger partial charge in [0.2, 0.25) is 0 Å². The second-order valence-electron chi connectivity index (χ2n) is 9.18. The molecule has 12 heteroatoms. The fourth-order valence-corrected chi connectivity index (χ4v) is 6.03. The van der Waals surface area contributed by atoms with E-state index in [0.717, 1.165) is 43.7 Å². The highest BCUT2D eigenvalue weighted by Crippen LogP contribution is 2.31. The SMILES string of the molecule is CC(C)N1CCN(c2cncc(-c3cn(-c4c(F)ccc(CS(=O)(=O)c5ccoc5)c4Cl)nn3)c2)CC1. The molecule has 0 radical (unpaired) electrons. The minimum Gasteiger partial charge on any atom is -0.471 e. The summed E-state index contributed by atoms with van der Waals surface area (Å²) in [6.07, 6.45) is 7.46. The molecule has 9 nitrogen and oxygen atoms in total. The summed E-state index contributed by atoms with van der Waals surface area (Å²) in [7, 11) is -3.73. The molecular formula is C25H26ClFN6O3S. The maximum absolute atomic E-state index is 14.9. The van der Waals surface area contributed by atoms with Gasteiger partial charge in [0.1, 0.15) is 28.4 Å². The molecule has 1 fully saturated rings. The summed E-state index contributed by atoms with van der Waals surface area (Å²) in [5.74, 6) is -1.07. The molecule has 0 spiro atoms. The fraction of sp³-hybridized carbons (Fsp3) is 0.320. The van der Waals surface area contributed by atoms with Gasteiger partial charge >= 0.3 is 0 Å². The molecule has 0 saturated carbocycles. The number of aromatic nitrogens is 4. The van der Waals surface area contributed by atoms with Crippen molar-refractivity contribution in [2.24, 2.45) is 0 Å². The molecule has 0 unspecified atom stereocenters. The van der Waals surface area contributed by atoms with Gasteiger partial charge in [0.15, 0.2) is 9.84 Å². The quantitative estimate of drug-likeness (QED) is 0.341. The van der Waals surface area contributed by atoms with E-state index in [4.69, 9.17) is 16.0 Å². The Balaban J connectivity index is 1.40. The van der Waals surface area contributed by atoms with Crippen LogP contribution in [-0.2, 0) is 15.6 Å². The molecule has 1 aliphatic rings. The van der Waals surface area contributed by atoms with E-state index < -0.39 is 21.4 Å². The lowest BCUT2D eigenvalue weighted by Crippen LogP contribution is -2.48. The van der Waals surface area contributed by atoms with E-state index in [2.05, 4.69) is 38.9 Å². The monoisotopic (exact) mass is 544 g/mol. The molecule has 1 aromatic carbocycles. The molecule has 0 bridgehead atoms. The zero-order valence-electron chi connectivity index (χ0n) is 20.4. The number of piperazine rings is 1. The molecule has 1 aliphatic heterocycles. The Morgan fingerprint density at radius 3 is 2.62 bits per heavy atom. The number of nitrogens with zero attached hydrogens (tertiary/aromatic N) is 6. The van der Waals surface area contributed by atoms with E-state index >= 15 is 0 Å². The average molecular weight is 545 g/mol. The molecule has 37 heavy (non-hydrogen) atoms. The number of sulfone groups is 1. The summed E-state index contributed by atoms with van der Waals surface area (Å²) in [6, 6.07) is 6.37. The first-order valence-electron chi connectivity index (χ1n) is 11.8. The van der Waals surface area contributed by atoms with Crippen molar-refractivity contribution in [2.45, 2.75) is 30.5 Å². The smallest absolute Gasteiger partial charge is 0.185 e. The lowest BCUT2D eigenvalue weighted by molar-refractivity contribution is 0.209. The number of hydrogen-bond donors (Lipinski definition) is 0. The molecule has 4 aromatic rings. The number of halogens is 2. The summed E-state index contributed by atoms with van der Waals surface area (Å²) in [6.45, 7) is 8.14. The third kappa shape index (κ3) is 5.25. The van der Waals surface area contributed by atoms with Crippen LogP contribution in [0, 0.1) is 5.82 Å². The normalized spacial score (nSPS) is 15.0. The van der Waals surface area contributed by atoms with Crippen molar-refractivity contribution in [1.29, 1.82) is 0 Å². The van der Waals surface area contributed by atoms with E-state index in [1.807, 2.05) is 12.3 Å². The van der Waals surface area contributed by atoms with Crippen LogP contribution in [0.3, 0.4) is 0 Å². The van der Waals surface area contributed by atoms with Gasteiger partial charge in [-0.15, -0.1) is 5.10 Å². The maximum Gasteiger partial charge on any atom is 0.185 e. The molecule has 4 heterocycles. The summed E-state index contributed by atoms with van der Waals surface area (Å²) >= 11 is 6.49.